The largest absolute Gasteiger partial charge is 0.412 e. The Hall–Kier alpha value is -2.02. The summed E-state index contributed by atoms with van der Waals surface area (Å²) in [5, 5.41) is 2.39. The number of benzene rings is 1. The summed E-state index contributed by atoms with van der Waals surface area (Å²) in [7, 11) is 1.50. The van der Waals surface area contributed by atoms with Gasteiger partial charge in [-0.15, -0.1) is 0 Å². The number of aryl methyl sites for hydroxylation is 1. The molecule has 1 aromatic carbocycles. The van der Waals surface area contributed by atoms with Crippen molar-refractivity contribution in [1.29, 1.82) is 0 Å². The second kappa shape index (κ2) is 4.67. The summed E-state index contributed by atoms with van der Waals surface area (Å²) in [4.78, 5) is 14.6. The molecule has 0 heterocycles. The van der Waals surface area contributed by atoms with Gasteiger partial charge in [-0.3, -0.25) is 0 Å². The van der Waals surface area contributed by atoms with Crippen molar-refractivity contribution in [3.8, 4) is 5.75 Å². The highest BCUT2D eigenvalue weighted by molar-refractivity contribution is 5.72. The van der Waals surface area contributed by atoms with E-state index in [0.29, 0.717) is 11.4 Å². The molecule has 1 aromatic rings. The van der Waals surface area contributed by atoms with Crippen molar-refractivity contribution in [1.82, 2.24) is 5.32 Å². The smallest absolute Gasteiger partial charge is 0.410 e. The molecule has 1 N–H and O–H groups in total. The van der Waals surface area contributed by atoms with Gasteiger partial charge in [0.15, 0.2) is 5.69 Å². The second-order valence-electron chi connectivity index (χ2n) is 3.54. The van der Waals surface area contributed by atoms with Crippen molar-refractivity contribution >= 4 is 11.8 Å². The third-order valence-electron chi connectivity index (χ3n) is 2.53. The lowest BCUT2D eigenvalue weighted by Gasteiger charge is -2.12. The molecule has 16 heavy (non-hydrogen) atoms. The fraction of sp³-hybridized carbons (Fsp3) is 0.333. The lowest BCUT2D eigenvalue weighted by Crippen LogP contribution is -2.22. The molecule has 4 nitrogen and oxygen atoms in total. The van der Waals surface area contributed by atoms with Crippen LogP contribution in [0.4, 0.5) is 10.5 Å². The van der Waals surface area contributed by atoms with Gasteiger partial charge < -0.3 is 10.1 Å². The Labute approximate surface area is 95.0 Å². The predicted octanol–water partition coefficient (Wildman–Crippen LogP) is 2.88. The standard InChI is InChI=1S/C12H14N2O2/c1-7-6-10(16-12(15)14-5)8(2)9(3)11(7)13-4/h6H,1-3,5H3,(H,14,15). The van der Waals surface area contributed by atoms with Gasteiger partial charge in [-0.2, -0.15) is 0 Å². The molecule has 0 aliphatic heterocycles. The van der Waals surface area contributed by atoms with Crippen molar-refractivity contribution in [3.05, 3.63) is 34.2 Å². The van der Waals surface area contributed by atoms with Gasteiger partial charge in [0.05, 0.1) is 6.57 Å². The first-order valence-corrected chi connectivity index (χ1v) is 4.89. The lowest BCUT2D eigenvalue weighted by atomic mass is 10.0. The molecule has 0 unspecified atom stereocenters. The summed E-state index contributed by atoms with van der Waals surface area (Å²) in [5.41, 5.74) is 3.12. The van der Waals surface area contributed by atoms with E-state index in [-0.39, 0.29) is 0 Å². The van der Waals surface area contributed by atoms with Crippen LogP contribution in [0.5, 0.6) is 5.75 Å². The lowest BCUT2D eigenvalue weighted by molar-refractivity contribution is 0.202. The number of carbonyl (C=O) groups excluding carboxylic acids is 1. The van der Waals surface area contributed by atoms with Gasteiger partial charge in [-0.05, 0) is 43.5 Å². The molecule has 0 saturated heterocycles. The number of amides is 1. The van der Waals surface area contributed by atoms with Gasteiger partial charge in [0.25, 0.3) is 0 Å². The zero-order valence-corrected chi connectivity index (χ0v) is 9.84. The normalized spacial score (nSPS) is 9.44. The van der Waals surface area contributed by atoms with Gasteiger partial charge in [0, 0.05) is 7.05 Å². The third kappa shape index (κ3) is 2.14. The first-order valence-electron chi connectivity index (χ1n) is 4.89. The SMILES string of the molecule is [C-]#[N+]c1c(C)cc(OC(=O)NC)c(C)c1C. The zero-order valence-electron chi connectivity index (χ0n) is 9.84. The summed E-state index contributed by atoms with van der Waals surface area (Å²) in [6, 6.07) is 1.71. The molecule has 0 saturated carbocycles. The van der Waals surface area contributed by atoms with Crippen molar-refractivity contribution in [3.63, 3.8) is 0 Å². The predicted molar refractivity (Wildman–Crippen MR) is 62.0 cm³/mol. The highest BCUT2D eigenvalue weighted by Crippen LogP contribution is 2.33. The van der Waals surface area contributed by atoms with E-state index in [0.717, 1.165) is 16.7 Å². The Morgan fingerprint density at radius 2 is 2.00 bits per heavy atom. The first kappa shape index (κ1) is 12.1. The van der Waals surface area contributed by atoms with Gasteiger partial charge in [0.1, 0.15) is 5.75 Å². The Morgan fingerprint density at radius 1 is 1.38 bits per heavy atom. The maximum Gasteiger partial charge on any atom is 0.412 e. The molecule has 0 bridgehead atoms. The van der Waals surface area contributed by atoms with Gasteiger partial charge in [0.2, 0.25) is 0 Å². The van der Waals surface area contributed by atoms with E-state index in [1.165, 1.54) is 7.05 Å². The molecule has 84 valence electrons. The minimum atomic E-state index is -0.502. The van der Waals surface area contributed by atoms with Crippen LogP contribution in [0.3, 0.4) is 0 Å². The minimum absolute atomic E-state index is 0.502. The van der Waals surface area contributed by atoms with E-state index >= 15 is 0 Å². The van der Waals surface area contributed by atoms with Gasteiger partial charge in [-0.1, -0.05) is 0 Å². The highest BCUT2D eigenvalue weighted by atomic mass is 16.6. The van der Waals surface area contributed by atoms with Gasteiger partial charge in [-0.25, -0.2) is 9.64 Å². The number of rotatable bonds is 1. The molecule has 0 spiro atoms. The fourth-order valence-electron chi connectivity index (χ4n) is 1.46. The van der Waals surface area contributed by atoms with Crippen LogP contribution in [0.2, 0.25) is 0 Å². The van der Waals surface area contributed by atoms with Crippen LogP contribution in [0.25, 0.3) is 4.85 Å². The monoisotopic (exact) mass is 218 g/mol. The second-order valence-corrected chi connectivity index (χ2v) is 3.54. The average molecular weight is 218 g/mol. The van der Waals surface area contributed by atoms with Crippen molar-refractivity contribution in [2.45, 2.75) is 20.8 Å². The number of carbonyl (C=O) groups is 1. The molecule has 0 atom stereocenters. The molecule has 0 fully saturated rings. The molecular formula is C12H14N2O2. The van der Waals surface area contributed by atoms with E-state index in [1.807, 2.05) is 20.8 Å². The Bertz CT molecular complexity index is 473. The van der Waals surface area contributed by atoms with Crippen LogP contribution >= 0.6 is 0 Å². The summed E-state index contributed by atoms with van der Waals surface area (Å²) < 4.78 is 5.10. The minimum Gasteiger partial charge on any atom is -0.410 e. The van der Waals surface area contributed by atoms with Crippen molar-refractivity contribution < 1.29 is 9.53 Å². The molecule has 1 amide bonds. The number of nitrogens with zero attached hydrogens (tertiary/aromatic N) is 1. The van der Waals surface area contributed by atoms with E-state index in [9.17, 15) is 4.79 Å². The van der Waals surface area contributed by atoms with E-state index in [2.05, 4.69) is 10.2 Å². The van der Waals surface area contributed by atoms with Crippen LogP contribution in [-0.2, 0) is 0 Å². The Kier molecular flexibility index (Phi) is 3.51. The number of ether oxygens (including phenoxy) is 1. The quantitative estimate of drug-likeness (QED) is 0.736. The summed E-state index contributed by atoms with van der Waals surface area (Å²) in [6.45, 7) is 12.6. The first-order chi connectivity index (χ1) is 7.51. The number of hydrogen-bond donors (Lipinski definition) is 1. The molecule has 0 radical (unpaired) electrons. The fourth-order valence-corrected chi connectivity index (χ4v) is 1.46. The molecule has 4 heteroatoms. The third-order valence-corrected chi connectivity index (χ3v) is 2.53. The van der Waals surface area contributed by atoms with E-state index in [1.54, 1.807) is 6.07 Å². The van der Waals surface area contributed by atoms with Crippen LogP contribution in [-0.4, -0.2) is 13.1 Å². The van der Waals surface area contributed by atoms with Crippen LogP contribution < -0.4 is 10.1 Å². The molecule has 0 aliphatic carbocycles. The number of nitrogens with one attached hydrogen (secondary N) is 1. The van der Waals surface area contributed by atoms with E-state index in [4.69, 9.17) is 11.3 Å². The molecule has 0 aromatic heterocycles. The average Bonchev–Trinajstić information content (AvgIpc) is 2.26. The Balaban J connectivity index is 3.24. The summed E-state index contributed by atoms with van der Waals surface area (Å²) in [5.74, 6) is 0.502. The topological polar surface area (TPSA) is 42.7 Å². The molecule has 1 rings (SSSR count). The number of hydrogen-bond acceptors (Lipinski definition) is 2. The zero-order chi connectivity index (χ0) is 12.3. The summed E-state index contributed by atoms with van der Waals surface area (Å²) in [6.07, 6.45) is -0.502. The maximum absolute atomic E-state index is 11.1. The molecule has 0 aliphatic rings. The van der Waals surface area contributed by atoms with E-state index < -0.39 is 6.09 Å². The van der Waals surface area contributed by atoms with Crippen LogP contribution in [0.15, 0.2) is 6.07 Å². The van der Waals surface area contributed by atoms with Gasteiger partial charge >= 0.3 is 6.09 Å². The highest BCUT2D eigenvalue weighted by Gasteiger charge is 2.12. The maximum atomic E-state index is 11.1. The van der Waals surface area contributed by atoms with Crippen molar-refractivity contribution in [2.75, 3.05) is 7.05 Å². The Morgan fingerprint density at radius 3 is 2.50 bits per heavy atom. The molecular weight excluding hydrogens is 204 g/mol. The van der Waals surface area contributed by atoms with Crippen LogP contribution in [0, 0.1) is 27.3 Å². The van der Waals surface area contributed by atoms with Crippen LogP contribution in [0.1, 0.15) is 16.7 Å². The van der Waals surface area contributed by atoms with Crippen molar-refractivity contribution in [2.24, 2.45) is 0 Å². The summed E-state index contributed by atoms with van der Waals surface area (Å²) >= 11 is 0.